The van der Waals surface area contributed by atoms with Crippen LogP contribution in [0.25, 0.3) is 0 Å². The maximum Gasteiger partial charge on any atom is 0.224 e. The van der Waals surface area contributed by atoms with E-state index in [0.717, 1.165) is 0 Å². The Morgan fingerprint density at radius 2 is 2.17 bits per heavy atom. The van der Waals surface area contributed by atoms with Crippen molar-refractivity contribution in [1.29, 1.82) is 0 Å². The Labute approximate surface area is 111 Å². The fourth-order valence-electron chi connectivity index (χ4n) is 1.32. The zero-order valence-electron chi connectivity index (χ0n) is 10.5. The average Bonchev–Trinajstić information content (AvgIpc) is 2.32. The Balaban J connectivity index is 2.61. The molecule has 0 aliphatic carbocycles. The largest absolute Gasteiger partial charge is 0.396 e. The van der Waals surface area contributed by atoms with Crippen molar-refractivity contribution < 1.29 is 14.3 Å². The molecule has 0 aromatic heterocycles. The van der Waals surface area contributed by atoms with E-state index in [1.165, 1.54) is 12.1 Å². The van der Waals surface area contributed by atoms with E-state index in [9.17, 15) is 9.18 Å². The summed E-state index contributed by atoms with van der Waals surface area (Å²) < 4.78 is 13.4. The molecule has 100 valence electrons. The van der Waals surface area contributed by atoms with Crippen LogP contribution in [-0.4, -0.2) is 24.2 Å². The molecule has 0 fully saturated rings. The SMILES string of the molecule is CC(C)(CO)CNC(=O)Cc1c(F)cccc1Cl. The molecule has 1 rings (SSSR count). The van der Waals surface area contributed by atoms with Crippen LogP contribution < -0.4 is 5.32 Å². The Hall–Kier alpha value is -1.13. The Kier molecular flexibility index (Phi) is 5.11. The summed E-state index contributed by atoms with van der Waals surface area (Å²) in [6, 6.07) is 4.31. The van der Waals surface area contributed by atoms with Crippen molar-refractivity contribution in [3.05, 3.63) is 34.6 Å². The standard InChI is InChI=1S/C13H17ClFNO2/c1-13(2,8-17)7-16-12(18)6-9-10(14)4-3-5-11(9)15/h3-5,17H,6-8H2,1-2H3,(H,16,18). The molecule has 0 unspecified atom stereocenters. The first-order valence-electron chi connectivity index (χ1n) is 5.66. The quantitative estimate of drug-likeness (QED) is 0.864. The van der Waals surface area contributed by atoms with E-state index in [0.29, 0.717) is 6.54 Å². The van der Waals surface area contributed by atoms with Crippen LogP contribution in [0, 0.1) is 11.2 Å². The van der Waals surface area contributed by atoms with Crippen molar-refractivity contribution in [1.82, 2.24) is 5.32 Å². The van der Waals surface area contributed by atoms with E-state index in [1.54, 1.807) is 6.07 Å². The van der Waals surface area contributed by atoms with Crippen LogP contribution in [0.1, 0.15) is 19.4 Å². The highest BCUT2D eigenvalue weighted by Crippen LogP contribution is 2.19. The van der Waals surface area contributed by atoms with Gasteiger partial charge in [-0.15, -0.1) is 0 Å². The number of hydrogen-bond acceptors (Lipinski definition) is 2. The summed E-state index contributed by atoms with van der Waals surface area (Å²) in [6.45, 7) is 3.94. The third-order valence-corrected chi connectivity index (χ3v) is 2.95. The molecule has 0 radical (unpaired) electrons. The van der Waals surface area contributed by atoms with E-state index >= 15 is 0 Å². The number of carbonyl (C=O) groups is 1. The minimum absolute atomic E-state index is 0.0340. The van der Waals surface area contributed by atoms with Gasteiger partial charge in [-0.2, -0.15) is 0 Å². The van der Waals surface area contributed by atoms with Gasteiger partial charge >= 0.3 is 0 Å². The van der Waals surface area contributed by atoms with E-state index in [1.807, 2.05) is 13.8 Å². The molecule has 0 atom stereocenters. The Bertz CT molecular complexity index is 415. The summed E-state index contributed by atoms with van der Waals surface area (Å²) in [7, 11) is 0. The number of nitrogens with one attached hydrogen (secondary N) is 1. The van der Waals surface area contributed by atoms with Crippen molar-refractivity contribution >= 4 is 17.5 Å². The number of rotatable bonds is 5. The summed E-state index contributed by atoms with van der Waals surface area (Å²) in [4.78, 5) is 11.7. The van der Waals surface area contributed by atoms with Gasteiger partial charge in [0.2, 0.25) is 5.91 Å². The maximum atomic E-state index is 13.4. The minimum Gasteiger partial charge on any atom is -0.396 e. The Morgan fingerprint density at radius 3 is 2.72 bits per heavy atom. The molecule has 1 amide bonds. The number of amides is 1. The van der Waals surface area contributed by atoms with Crippen LogP contribution in [0.15, 0.2) is 18.2 Å². The average molecular weight is 274 g/mol. The molecule has 0 aliphatic rings. The van der Waals surface area contributed by atoms with Gasteiger partial charge in [-0.25, -0.2) is 4.39 Å². The lowest BCUT2D eigenvalue weighted by atomic mass is 9.95. The van der Waals surface area contributed by atoms with Crippen LogP contribution in [-0.2, 0) is 11.2 Å². The third-order valence-electron chi connectivity index (χ3n) is 2.59. The van der Waals surface area contributed by atoms with Crippen molar-refractivity contribution in [2.75, 3.05) is 13.2 Å². The molecule has 3 nitrogen and oxygen atoms in total. The molecule has 0 heterocycles. The van der Waals surface area contributed by atoms with Crippen LogP contribution in [0.3, 0.4) is 0 Å². The highest BCUT2D eigenvalue weighted by Gasteiger charge is 2.18. The van der Waals surface area contributed by atoms with Gasteiger partial charge in [0.25, 0.3) is 0 Å². The molecule has 18 heavy (non-hydrogen) atoms. The molecular formula is C13H17ClFNO2. The fourth-order valence-corrected chi connectivity index (χ4v) is 1.55. The first-order chi connectivity index (χ1) is 8.35. The van der Waals surface area contributed by atoms with E-state index in [2.05, 4.69) is 5.32 Å². The van der Waals surface area contributed by atoms with Gasteiger partial charge in [0.05, 0.1) is 6.42 Å². The van der Waals surface area contributed by atoms with Gasteiger partial charge < -0.3 is 10.4 Å². The van der Waals surface area contributed by atoms with Crippen molar-refractivity contribution in [3.63, 3.8) is 0 Å². The lowest BCUT2D eigenvalue weighted by Gasteiger charge is -2.21. The van der Waals surface area contributed by atoms with E-state index < -0.39 is 11.2 Å². The molecule has 0 aliphatic heterocycles. The molecule has 0 bridgehead atoms. The highest BCUT2D eigenvalue weighted by molar-refractivity contribution is 6.31. The lowest BCUT2D eigenvalue weighted by Crippen LogP contribution is -2.36. The number of halogens is 2. The number of carbonyl (C=O) groups excluding carboxylic acids is 1. The summed E-state index contributed by atoms with van der Waals surface area (Å²) >= 11 is 5.83. The molecule has 0 saturated heterocycles. The number of benzene rings is 1. The third kappa shape index (κ3) is 4.27. The predicted octanol–water partition coefficient (Wildman–Crippen LogP) is 2.16. The normalized spacial score (nSPS) is 11.4. The van der Waals surface area contributed by atoms with Crippen LogP contribution in [0.2, 0.25) is 5.02 Å². The summed E-state index contributed by atoms with van der Waals surface area (Å²) in [5.74, 6) is -0.803. The highest BCUT2D eigenvalue weighted by atomic mass is 35.5. The van der Waals surface area contributed by atoms with Gasteiger partial charge in [-0.3, -0.25) is 4.79 Å². The minimum atomic E-state index is -0.487. The summed E-state index contributed by atoms with van der Waals surface area (Å²) in [5.41, 5.74) is -0.201. The molecular weight excluding hydrogens is 257 g/mol. The second-order valence-corrected chi connectivity index (χ2v) is 5.38. The van der Waals surface area contributed by atoms with Gasteiger partial charge in [-0.05, 0) is 12.1 Å². The van der Waals surface area contributed by atoms with Crippen molar-refractivity contribution in [2.45, 2.75) is 20.3 Å². The van der Waals surface area contributed by atoms with Crippen LogP contribution in [0.4, 0.5) is 4.39 Å². The number of aliphatic hydroxyl groups excluding tert-OH is 1. The molecule has 5 heteroatoms. The van der Waals surface area contributed by atoms with Gasteiger partial charge in [0.15, 0.2) is 0 Å². The van der Waals surface area contributed by atoms with Crippen molar-refractivity contribution in [3.8, 4) is 0 Å². The van der Waals surface area contributed by atoms with Crippen molar-refractivity contribution in [2.24, 2.45) is 5.41 Å². The monoisotopic (exact) mass is 273 g/mol. The molecule has 1 aromatic rings. The first kappa shape index (κ1) is 14.9. The van der Waals surface area contributed by atoms with E-state index in [-0.39, 0.29) is 29.5 Å². The van der Waals surface area contributed by atoms with Gasteiger partial charge in [-0.1, -0.05) is 31.5 Å². The topological polar surface area (TPSA) is 49.3 Å². The molecule has 2 N–H and O–H groups in total. The first-order valence-corrected chi connectivity index (χ1v) is 6.04. The van der Waals surface area contributed by atoms with Crippen LogP contribution >= 0.6 is 11.6 Å². The lowest BCUT2D eigenvalue weighted by molar-refractivity contribution is -0.121. The molecule has 1 aromatic carbocycles. The predicted molar refractivity (Wildman–Crippen MR) is 69.0 cm³/mol. The van der Waals surface area contributed by atoms with E-state index in [4.69, 9.17) is 16.7 Å². The molecule has 0 saturated carbocycles. The maximum absolute atomic E-state index is 13.4. The Morgan fingerprint density at radius 1 is 1.50 bits per heavy atom. The molecule has 0 spiro atoms. The second kappa shape index (κ2) is 6.16. The smallest absolute Gasteiger partial charge is 0.224 e. The fraction of sp³-hybridized carbons (Fsp3) is 0.462. The summed E-state index contributed by atoms with van der Waals surface area (Å²) in [6.07, 6.45) is -0.104. The number of aliphatic hydroxyl groups is 1. The second-order valence-electron chi connectivity index (χ2n) is 4.98. The zero-order valence-corrected chi connectivity index (χ0v) is 11.2. The van der Waals surface area contributed by atoms with Gasteiger partial charge in [0.1, 0.15) is 5.82 Å². The number of hydrogen-bond donors (Lipinski definition) is 2. The zero-order chi connectivity index (χ0) is 13.8. The van der Waals surface area contributed by atoms with Gasteiger partial charge in [0, 0.05) is 29.2 Å². The van der Waals surface area contributed by atoms with Crippen LogP contribution in [0.5, 0.6) is 0 Å². The summed E-state index contributed by atoms with van der Waals surface area (Å²) in [5, 5.41) is 11.9.